The van der Waals surface area contributed by atoms with E-state index in [0.717, 1.165) is 27.9 Å². The molecule has 1 fully saturated rings. The van der Waals surface area contributed by atoms with Crippen molar-refractivity contribution >= 4 is 40.0 Å². The Kier molecular flexibility index (Phi) is 7.69. The highest BCUT2D eigenvalue weighted by Crippen LogP contribution is 2.41. The van der Waals surface area contributed by atoms with Crippen LogP contribution in [-0.4, -0.2) is 40.6 Å². The maximum absolute atomic E-state index is 15.5. The number of benzene rings is 3. The Morgan fingerprint density at radius 3 is 2.62 bits per heavy atom. The van der Waals surface area contributed by atoms with Crippen molar-refractivity contribution in [3.05, 3.63) is 95.2 Å². The smallest absolute Gasteiger partial charge is 0.221 e. The molecule has 8 nitrogen and oxygen atoms in total. The first-order chi connectivity index (χ1) is 20.4. The Hall–Kier alpha value is -4.60. The average molecular weight is 583 g/mol. The highest BCUT2D eigenvalue weighted by Gasteiger charge is 2.23. The number of hydrogen-bond donors (Lipinski definition) is 3. The third kappa shape index (κ3) is 5.36. The van der Waals surface area contributed by atoms with Gasteiger partial charge in [0.15, 0.2) is 5.82 Å². The lowest BCUT2D eigenvalue weighted by atomic mass is 9.94. The molecule has 1 amide bonds. The summed E-state index contributed by atoms with van der Waals surface area (Å²) < 4.78 is 21.0. The predicted molar refractivity (Wildman–Crippen MR) is 162 cm³/mol. The predicted octanol–water partition coefficient (Wildman–Crippen LogP) is 6.19. The van der Waals surface area contributed by atoms with Crippen molar-refractivity contribution in [3.8, 4) is 28.0 Å². The van der Waals surface area contributed by atoms with Gasteiger partial charge in [0.05, 0.1) is 17.6 Å². The van der Waals surface area contributed by atoms with E-state index in [4.69, 9.17) is 16.3 Å². The highest BCUT2D eigenvalue weighted by molar-refractivity contribution is 6.36. The first kappa shape index (κ1) is 27.6. The fourth-order valence-electron chi connectivity index (χ4n) is 5.26. The zero-order chi connectivity index (χ0) is 29.2. The van der Waals surface area contributed by atoms with E-state index < -0.39 is 5.82 Å². The van der Waals surface area contributed by atoms with Gasteiger partial charge in [-0.1, -0.05) is 41.9 Å². The SMILES string of the molecule is COc1cc(-c2cccc(-c3cccc(Nc4nccc5nccnc45)c3C)c2Cl)cc(F)c1CN[C@@H]1CNC(=O)C1. The molecule has 6 rings (SSSR count). The maximum atomic E-state index is 15.5. The molecule has 0 radical (unpaired) electrons. The molecule has 3 heterocycles. The topological polar surface area (TPSA) is 101 Å². The minimum atomic E-state index is -0.413. The minimum absolute atomic E-state index is 0.0131. The molecule has 0 aliphatic carbocycles. The molecule has 42 heavy (non-hydrogen) atoms. The van der Waals surface area contributed by atoms with Crippen molar-refractivity contribution in [1.29, 1.82) is 0 Å². The first-order valence-corrected chi connectivity index (χ1v) is 13.9. The number of carbonyl (C=O) groups excluding carboxylic acids is 1. The van der Waals surface area contributed by atoms with Gasteiger partial charge in [-0.2, -0.15) is 0 Å². The number of halogens is 2. The van der Waals surface area contributed by atoms with Crippen LogP contribution >= 0.6 is 11.6 Å². The molecule has 5 aromatic rings. The van der Waals surface area contributed by atoms with E-state index in [9.17, 15) is 4.79 Å². The van der Waals surface area contributed by atoms with E-state index in [1.807, 2.05) is 49.4 Å². The second-order valence-corrected chi connectivity index (χ2v) is 10.5. The van der Waals surface area contributed by atoms with E-state index in [-0.39, 0.29) is 18.5 Å². The van der Waals surface area contributed by atoms with Gasteiger partial charge in [-0.3, -0.25) is 9.78 Å². The summed E-state index contributed by atoms with van der Waals surface area (Å²) in [6, 6.07) is 16.7. The molecule has 1 aliphatic rings. The van der Waals surface area contributed by atoms with Crippen LogP contribution < -0.4 is 20.7 Å². The molecule has 2 aromatic heterocycles. The molecule has 1 aliphatic heterocycles. The number of aromatic nitrogens is 3. The van der Waals surface area contributed by atoms with Crippen LogP contribution in [0.3, 0.4) is 0 Å². The van der Waals surface area contributed by atoms with Crippen LogP contribution in [0.1, 0.15) is 17.5 Å². The molecule has 0 spiro atoms. The Morgan fingerprint density at radius 2 is 1.81 bits per heavy atom. The van der Waals surface area contributed by atoms with Crippen molar-refractivity contribution in [3.63, 3.8) is 0 Å². The lowest BCUT2D eigenvalue weighted by Gasteiger charge is -2.18. The van der Waals surface area contributed by atoms with Gasteiger partial charge in [-0.05, 0) is 47.9 Å². The summed E-state index contributed by atoms with van der Waals surface area (Å²) in [5, 5.41) is 9.91. The van der Waals surface area contributed by atoms with E-state index in [1.165, 1.54) is 13.2 Å². The Balaban J connectivity index is 1.32. The number of amides is 1. The third-order valence-electron chi connectivity index (χ3n) is 7.49. The van der Waals surface area contributed by atoms with E-state index in [2.05, 4.69) is 30.9 Å². The number of hydrogen-bond acceptors (Lipinski definition) is 7. The zero-order valence-electron chi connectivity index (χ0n) is 23.0. The average Bonchev–Trinajstić information content (AvgIpc) is 3.42. The molecule has 0 unspecified atom stereocenters. The van der Waals surface area contributed by atoms with Crippen LogP contribution in [0.5, 0.6) is 5.75 Å². The number of methoxy groups -OCH3 is 1. The first-order valence-electron chi connectivity index (χ1n) is 13.5. The number of anilines is 2. The Bertz CT molecular complexity index is 1810. The largest absolute Gasteiger partial charge is 0.496 e. The molecule has 0 saturated carbocycles. The Morgan fingerprint density at radius 1 is 1.02 bits per heavy atom. The molecule has 212 valence electrons. The van der Waals surface area contributed by atoms with Gasteiger partial charge in [-0.15, -0.1) is 0 Å². The van der Waals surface area contributed by atoms with Crippen LogP contribution in [-0.2, 0) is 11.3 Å². The lowest BCUT2D eigenvalue weighted by Crippen LogP contribution is -2.30. The molecule has 0 bridgehead atoms. The molecule has 3 aromatic carbocycles. The van der Waals surface area contributed by atoms with Crippen molar-refractivity contribution in [2.75, 3.05) is 19.0 Å². The van der Waals surface area contributed by atoms with Crippen molar-refractivity contribution < 1.29 is 13.9 Å². The summed E-state index contributed by atoms with van der Waals surface area (Å²) in [7, 11) is 1.51. The molecular weight excluding hydrogens is 555 g/mol. The summed E-state index contributed by atoms with van der Waals surface area (Å²) in [5.74, 6) is 0.586. The molecule has 1 saturated heterocycles. The van der Waals surface area contributed by atoms with Gasteiger partial charge in [0.1, 0.15) is 17.1 Å². The van der Waals surface area contributed by atoms with Crippen LogP contribution in [0.25, 0.3) is 33.3 Å². The number of nitrogens with zero attached hydrogens (tertiary/aromatic N) is 3. The molecular formula is C32H28ClFN6O2. The zero-order valence-corrected chi connectivity index (χ0v) is 23.8. The van der Waals surface area contributed by atoms with E-state index in [0.29, 0.717) is 51.8 Å². The highest BCUT2D eigenvalue weighted by atomic mass is 35.5. The fourth-order valence-corrected chi connectivity index (χ4v) is 5.59. The third-order valence-corrected chi connectivity index (χ3v) is 7.90. The van der Waals surface area contributed by atoms with Gasteiger partial charge in [-0.25, -0.2) is 14.4 Å². The lowest BCUT2D eigenvalue weighted by molar-refractivity contribution is -0.119. The van der Waals surface area contributed by atoms with Crippen molar-refractivity contribution in [2.45, 2.75) is 25.9 Å². The van der Waals surface area contributed by atoms with Crippen LogP contribution in [0.2, 0.25) is 5.02 Å². The van der Waals surface area contributed by atoms with Gasteiger partial charge in [0, 0.05) is 66.5 Å². The summed E-state index contributed by atoms with van der Waals surface area (Å²) in [4.78, 5) is 24.8. The number of fused-ring (bicyclic) bond motifs is 1. The van der Waals surface area contributed by atoms with Crippen molar-refractivity contribution in [2.24, 2.45) is 0 Å². The number of carbonyl (C=O) groups is 1. The maximum Gasteiger partial charge on any atom is 0.221 e. The normalized spacial score (nSPS) is 14.7. The summed E-state index contributed by atoms with van der Waals surface area (Å²) in [6.07, 6.45) is 5.35. The number of rotatable bonds is 8. The Labute approximate surface area is 247 Å². The quantitative estimate of drug-likeness (QED) is 0.200. The summed E-state index contributed by atoms with van der Waals surface area (Å²) in [6.45, 7) is 2.76. The second-order valence-electron chi connectivity index (χ2n) is 10.1. The standard InChI is InChI=1S/C32H28ClFN6O2/c1-18-21(5-4-8-26(18)40-32-31-27(9-10-37-32)35-11-12-36-31)23-7-3-6-22(30(23)33)19-13-25(34)24(28(14-19)42-2)17-38-20-15-29(41)39-16-20/h3-14,20,38H,15-17H2,1-2H3,(H,37,40)(H,39,41)/t20-/m0/s1. The summed E-state index contributed by atoms with van der Waals surface area (Å²) >= 11 is 7.02. The van der Waals surface area contributed by atoms with E-state index >= 15 is 4.39 Å². The monoisotopic (exact) mass is 582 g/mol. The van der Waals surface area contributed by atoms with Crippen LogP contribution in [0, 0.1) is 12.7 Å². The minimum Gasteiger partial charge on any atom is -0.496 e. The van der Waals surface area contributed by atoms with Crippen molar-refractivity contribution in [1.82, 2.24) is 25.6 Å². The molecule has 1 atom stereocenters. The second kappa shape index (κ2) is 11.7. The summed E-state index contributed by atoms with van der Waals surface area (Å²) in [5.41, 5.74) is 6.64. The van der Waals surface area contributed by atoms with Crippen LogP contribution in [0.4, 0.5) is 15.9 Å². The molecule has 10 heteroatoms. The number of ether oxygens (including phenoxy) is 1. The van der Waals surface area contributed by atoms with E-state index in [1.54, 1.807) is 24.7 Å². The molecule has 3 N–H and O–H groups in total. The number of pyridine rings is 1. The van der Waals surface area contributed by atoms with Gasteiger partial charge in [0.25, 0.3) is 0 Å². The van der Waals surface area contributed by atoms with Gasteiger partial charge < -0.3 is 20.7 Å². The number of nitrogens with one attached hydrogen (secondary N) is 3. The van der Waals surface area contributed by atoms with Gasteiger partial charge in [0.2, 0.25) is 5.91 Å². The fraction of sp³-hybridized carbons (Fsp3) is 0.188. The van der Waals surface area contributed by atoms with Crippen LogP contribution in [0.15, 0.2) is 73.2 Å². The van der Waals surface area contributed by atoms with Gasteiger partial charge >= 0.3 is 0 Å².